The first-order chi connectivity index (χ1) is 9.07. The van der Waals surface area contributed by atoms with Gasteiger partial charge in [-0.3, -0.25) is 4.79 Å². The molecule has 0 spiro atoms. The normalized spacial score (nSPS) is 17.8. The van der Waals surface area contributed by atoms with Crippen molar-refractivity contribution in [2.45, 2.75) is 44.1 Å². The smallest absolute Gasteiger partial charge is 0.236 e. The Kier molecular flexibility index (Phi) is 4.48. The lowest BCUT2D eigenvalue weighted by Crippen LogP contribution is -2.43. The molecule has 1 atom stereocenters. The van der Waals surface area contributed by atoms with Crippen LogP contribution in [0.4, 0.5) is 0 Å². The van der Waals surface area contributed by atoms with Crippen LogP contribution < -0.4 is 11.1 Å². The van der Waals surface area contributed by atoms with Crippen LogP contribution in [0.25, 0.3) is 0 Å². The third kappa shape index (κ3) is 3.48. The first-order valence-electron chi connectivity index (χ1n) is 6.87. The zero-order valence-corrected chi connectivity index (χ0v) is 12.0. The number of halogens is 1. The molecule has 0 saturated heterocycles. The van der Waals surface area contributed by atoms with E-state index in [0.717, 1.165) is 30.7 Å². The molecule has 0 aromatic heterocycles. The molecule has 1 unspecified atom stereocenters. The molecule has 0 radical (unpaired) electrons. The van der Waals surface area contributed by atoms with Gasteiger partial charge in [0.15, 0.2) is 0 Å². The highest BCUT2D eigenvalue weighted by Crippen LogP contribution is 2.47. The van der Waals surface area contributed by atoms with Crippen LogP contribution in [-0.4, -0.2) is 18.5 Å². The fourth-order valence-electron chi connectivity index (χ4n) is 2.35. The van der Waals surface area contributed by atoms with Crippen LogP contribution in [0.3, 0.4) is 0 Å². The fraction of sp³-hybridized carbons (Fsp3) is 0.533. The molecule has 1 fully saturated rings. The molecule has 1 amide bonds. The molecule has 1 aliphatic carbocycles. The summed E-state index contributed by atoms with van der Waals surface area (Å²) in [5, 5.41) is 3.73. The number of carbonyl (C=O) groups is 1. The summed E-state index contributed by atoms with van der Waals surface area (Å²) in [4.78, 5) is 11.8. The Morgan fingerprint density at radius 1 is 1.42 bits per heavy atom. The SMILES string of the molecule is CCCC(N)C(=O)NCC1(c2ccc(Cl)cc2)CC1. The predicted octanol–water partition coefficient (Wildman–Crippen LogP) is 2.62. The van der Waals surface area contributed by atoms with Gasteiger partial charge < -0.3 is 11.1 Å². The molecule has 1 aromatic rings. The van der Waals surface area contributed by atoms with E-state index in [0.29, 0.717) is 6.54 Å². The van der Waals surface area contributed by atoms with E-state index >= 15 is 0 Å². The summed E-state index contributed by atoms with van der Waals surface area (Å²) in [5.74, 6) is -0.0397. The summed E-state index contributed by atoms with van der Waals surface area (Å²) in [6.07, 6.45) is 3.88. The topological polar surface area (TPSA) is 55.1 Å². The minimum absolute atomic E-state index is 0.0397. The van der Waals surface area contributed by atoms with Gasteiger partial charge in [0, 0.05) is 17.0 Å². The number of nitrogens with one attached hydrogen (secondary N) is 1. The van der Waals surface area contributed by atoms with E-state index in [1.807, 2.05) is 31.2 Å². The lowest BCUT2D eigenvalue weighted by molar-refractivity contribution is -0.122. The number of amides is 1. The van der Waals surface area contributed by atoms with Crippen molar-refractivity contribution < 1.29 is 4.79 Å². The zero-order valence-electron chi connectivity index (χ0n) is 11.3. The van der Waals surface area contributed by atoms with Crippen LogP contribution in [0.5, 0.6) is 0 Å². The van der Waals surface area contributed by atoms with E-state index in [1.54, 1.807) is 0 Å². The van der Waals surface area contributed by atoms with Gasteiger partial charge in [-0.05, 0) is 37.0 Å². The molecule has 0 aliphatic heterocycles. The Morgan fingerprint density at radius 3 is 2.58 bits per heavy atom. The molecule has 2 rings (SSSR count). The quantitative estimate of drug-likeness (QED) is 0.842. The lowest BCUT2D eigenvalue weighted by Gasteiger charge is -2.18. The molecule has 1 aliphatic rings. The summed E-state index contributed by atoms with van der Waals surface area (Å²) in [5.41, 5.74) is 7.16. The van der Waals surface area contributed by atoms with Crippen LogP contribution in [0.15, 0.2) is 24.3 Å². The summed E-state index contributed by atoms with van der Waals surface area (Å²) >= 11 is 5.90. The maximum Gasteiger partial charge on any atom is 0.236 e. The third-order valence-electron chi connectivity index (χ3n) is 3.85. The van der Waals surface area contributed by atoms with Gasteiger partial charge in [-0.15, -0.1) is 0 Å². The highest BCUT2D eigenvalue weighted by molar-refractivity contribution is 6.30. The first kappa shape index (κ1) is 14.4. The molecule has 19 heavy (non-hydrogen) atoms. The van der Waals surface area contributed by atoms with Crippen LogP contribution >= 0.6 is 11.6 Å². The number of carbonyl (C=O) groups excluding carboxylic acids is 1. The molecule has 104 valence electrons. The lowest BCUT2D eigenvalue weighted by atomic mass is 9.96. The summed E-state index contributed by atoms with van der Waals surface area (Å²) in [6, 6.07) is 7.52. The number of rotatable bonds is 6. The zero-order chi connectivity index (χ0) is 13.9. The minimum Gasteiger partial charge on any atom is -0.354 e. The Labute approximate surface area is 119 Å². The van der Waals surface area contributed by atoms with E-state index in [9.17, 15) is 4.79 Å². The molecule has 4 heteroatoms. The van der Waals surface area contributed by atoms with Crippen molar-refractivity contribution in [3.63, 3.8) is 0 Å². The molecular weight excluding hydrogens is 260 g/mol. The van der Waals surface area contributed by atoms with Gasteiger partial charge in [-0.1, -0.05) is 37.1 Å². The Bertz CT molecular complexity index is 440. The van der Waals surface area contributed by atoms with E-state index < -0.39 is 0 Å². The standard InChI is InChI=1S/C15H21ClN2O/c1-2-3-13(17)14(19)18-10-15(8-9-15)11-4-6-12(16)7-5-11/h4-7,13H,2-3,8-10,17H2,1H3,(H,18,19). The molecule has 3 nitrogen and oxygen atoms in total. The molecule has 3 N–H and O–H groups in total. The maximum atomic E-state index is 11.8. The fourth-order valence-corrected chi connectivity index (χ4v) is 2.48. The Morgan fingerprint density at radius 2 is 2.05 bits per heavy atom. The van der Waals surface area contributed by atoms with Crippen LogP contribution in [0, 0.1) is 0 Å². The summed E-state index contributed by atoms with van der Waals surface area (Å²) < 4.78 is 0. The molecular formula is C15H21ClN2O. The van der Waals surface area contributed by atoms with Gasteiger partial charge in [-0.2, -0.15) is 0 Å². The van der Waals surface area contributed by atoms with Gasteiger partial charge in [0.2, 0.25) is 5.91 Å². The largest absolute Gasteiger partial charge is 0.354 e. The minimum atomic E-state index is -0.383. The number of hydrogen-bond acceptors (Lipinski definition) is 2. The van der Waals surface area contributed by atoms with Crippen molar-refractivity contribution in [1.82, 2.24) is 5.32 Å². The van der Waals surface area contributed by atoms with Crippen LogP contribution in [0.1, 0.15) is 38.2 Å². The molecule has 1 saturated carbocycles. The third-order valence-corrected chi connectivity index (χ3v) is 4.10. The van der Waals surface area contributed by atoms with E-state index in [1.165, 1.54) is 5.56 Å². The Hall–Kier alpha value is -1.06. The van der Waals surface area contributed by atoms with E-state index in [-0.39, 0.29) is 17.4 Å². The second-order valence-electron chi connectivity index (χ2n) is 5.40. The van der Waals surface area contributed by atoms with Crippen molar-refractivity contribution in [1.29, 1.82) is 0 Å². The second kappa shape index (κ2) is 5.93. The summed E-state index contributed by atoms with van der Waals surface area (Å²) in [6.45, 7) is 2.70. The van der Waals surface area contributed by atoms with Crippen molar-refractivity contribution in [3.05, 3.63) is 34.9 Å². The van der Waals surface area contributed by atoms with Gasteiger partial charge >= 0.3 is 0 Å². The monoisotopic (exact) mass is 280 g/mol. The highest BCUT2D eigenvalue weighted by Gasteiger charge is 2.44. The van der Waals surface area contributed by atoms with Gasteiger partial charge in [-0.25, -0.2) is 0 Å². The van der Waals surface area contributed by atoms with Crippen molar-refractivity contribution in [2.75, 3.05) is 6.54 Å². The molecule has 0 heterocycles. The van der Waals surface area contributed by atoms with Crippen molar-refractivity contribution in [2.24, 2.45) is 5.73 Å². The number of nitrogens with two attached hydrogens (primary N) is 1. The highest BCUT2D eigenvalue weighted by atomic mass is 35.5. The van der Waals surface area contributed by atoms with Crippen molar-refractivity contribution in [3.8, 4) is 0 Å². The number of benzene rings is 1. The first-order valence-corrected chi connectivity index (χ1v) is 7.24. The molecule has 1 aromatic carbocycles. The summed E-state index contributed by atoms with van der Waals surface area (Å²) in [7, 11) is 0. The van der Waals surface area contributed by atoms with Gasteiger partial charge in [0.1, 0.15) is 0 Å². The van der Waals surface area contributed by atoms with E-state index in [2.05, 4.69) is 5.32 Å². The number of hydrogen-bond donors (Lipinski definition) is 2. The average Bonchev–Trinajstić information content (AvgIpc) is 3.18. The molecule has 0 bridgehead atoms. The maximum absolute atomic E-state index is 11.8. The Balaban J connectivity index is 1.92. The van der Waals surface area contributed by atoms with Crippen molar-refractivity contribution >= 4 is 17.5 Å². The predicted molar refractivity (Wildman–Crippen MR) is 78.3 cm³/mol. The van der Waals surface area contributed by atoms with Gasteiger partial charge in [0.05, 0.1) is 6.04 Å². The van der Waals surface area contributed by atoms with E-state index in [4.69, 9.17) is 17.3 Å². The van der Waals surface area contributed by atoms with Crippen LogP contribution in [-0.2, 0) is 10.2 Å². The second-order valence-corrected chi connectivity index (χ2v) is 5.84. The van der Waals surface area contributed by atoms with Crippen LogP contribution in [0.2, 0.25) is 5.02 Å². The van der Waals surface area contributed by atoms with Gasteiger partial charge in [0.25, 0.3) is 0 Å². The average molecular weight is 281 g/mol.